The number of aromatic amines is 1. The molecule has 0 saturated carbocycles. The summed E-state index contributed by atoms with van der Waals surface area (Å²) in [5.74, 6) is -0.432. The maximum Gasteiger partial charge on any atom is 0.266 e. The van der Waals surface area contributed by atoms with Gasteiger partial charge in [-0.05, 0) is 42.8 Å². The van der Waals surface area contributed by atoms with Crippen LogP contribution in [0, 0.1) is 0 Å². The van der Waals surface area contributed by atoms with Crippen LogP contribution < -0.4 is 11.1 Å². The molecule has 5 heteroatoms. The van der Waals surface area contributed by atoms with Crippen LogP contribution in [0.5, 0.6) is 0 Å². The minimum atomic E-state index is -0.432. The Kier molecular flexibility index (Phi) is 6.36. The summed E-state index contributed by atoms with van der Waals surface area (Å²) >= 11 is 1.57. The molecule has 0 radical (unpaired) electrons. The SMILES string of the molecule is CCCCCNCc1ccc2[nH]c(C(N)=O)c(Sc3ccccc3)c2c1. The summed E-state index contributed by atoms with van der Waals surface area (Å²) in [4.78, 5) is 17.1. The largest absolute Gasteiger partial charge is 0.364 e. The van der Waals surface area contributed by atoms with Gasteiger partial charge in [0.15, 0.2) is 0 Å². The van der Waals surface area contributed by atoms with E-state index in [1.165, 1.54) is 24.8 Å². The summed E-state index contributed by atoms with van der Waals surface area (Å²) in [6.45, 7) is 4.06. The van der Waals surface area contributed by atoms with Crippen LogP contribution in [-0.4, -0.2) is 17.4 Å². The van der Waals surface area contributed by atoms with Gasteiger partial charge in [0.25, 0.3) is 5.91 Å². The lowest BCUT2D eigenvalue weighted by atomic mass is 10.1. The van der Waals surface area contributed by atoms with E-state index in [1.807, 2.05) is 36.4 Å². The van der Waals surface area contributed by atoms with Gasteiger partial charge >= 0.3 is 0 Å². The average Bonchev–Trinajstić information content (AvgIpc) is 3.01. The predicted molar refractivity (Wildman–Crippen MR) is 109 cm³/mol. The van der Waals surface area contributed by atoms with Gasteiger partial charge in [-0.2, -0.15) is 0 Å². The molecule has 0 fully saturated rings. The van der Waals surface area contributed by atoms with Crippen LogP contribution in [0.4, 0.5) is 0 Å². The van der Waals surface area contributed by atoms with E-state index in [4.69, 9.17) is 5.73 Å². The Balaban J connectivity index is 1.86. The number of rotatable bonds is 9. The van der Waals surface area contributed by atoms with E-state index in [-0.39, 0.29) is 0 Å². The fourth-order valence-electron chi connectivity index (χ4n) is 2.94. The Morgan fingerprint density at radius 1 is 1.15 bits per heavy atom. The zero-order valence-electron chi connectivity index (χ0n) is 15.0. The first-order valence-electron chi connectivity index (χ1n) is 9.07. The number of nitrogens with one attached hydrogen (secondary N) is 2. The van der Waals surface area contributed by atoms with E-state index >= 15 is 0 Å². The van der Waals surface area contributed by atoms with Crippen molar-refractivity contribution in [3.8, 4) is 0 Å². The minimum absolute atomic E-state index is 0.432. The Hall–Kier alpha value is -2.24. The fraction of sp³-hybridized carbons (Fsp3) is 0.286. The lowest BCUT2D eigenvalue weighted by Gasteiger charge is -2.06. The molecule has 136 valence electrons. The van der Waals surface area contributed by atoms with E-state index < -0.39 is 5.91 Å². The molecule has 0 unspecified atom stereocenters. The number of nitrogens with two attached hydrogens (primary N) is 1. The number of hydrogen-bond acceptors (Lipinski definition) is 3. The van der Waals surface area contributed by atoms with Crippen molar-refractivity contribution in [1.29, 1.82) is 0 Å². The van der Waals surface area contributed by atoms with Gasteiger partial charge in [0.1, 0.15) is 5.69 Å². The second kappa shape index (κ2) is 8.92. The maximum absolute atomic E-state index is 11.9. The first-order chi connectivity index (χ1) is 12.7. The highest BCUT2D eigenvalue weighted by Gasteiger charge is 2.17. The number of primary amides is 1. The number of aromatic nitrogens is 1. The first-order valence-corrected chi connectivity index (χ1v) is 9.88. The van der Waals surface area contributed by atoms with Crippen LogP contribution in [0.25, 0.3) is 10.9 Å². The van der Waals surface area contributed by atoms with Crippen molar-refractivity contribution in [2.45, 2.75) is 42.5 Å². The Morgan fingerprint density at radius 3 is 2.69 bits per heavy atom. The van der Waals surface area contributed by atoms with Crippen LogP contribution in [0.15, 0.2) is 58.3 Å². The van der Waals surface area contributed by atoms with Crippen molar-refractivity contribution >= 4 is 28.6 Å². The van der Waals surface area contributed by atoms with E-state index in [1.54, 1.807) is 11.8 Å². The van der Waals surface area contributed by atoms with Crippen molar-refractivity contribution in [1.82, 2.24) is 10.3 Å². The monoisotopic (exact) mass is 367 g/mol. The van der Waals surface area contributed by atoms with Crippen LogP contribution in [0.2, 0.25) is 0 Å². The van der Waals surface area contributed by atoms with Crippen LogP contribution in [-0.2, 0) is 6.54 Å². The van der Waals surface area contributed by atoms with Gasteiger partial charge in [0.2, 0.25) is 0 Å². The van der Waals surface area contributed by atoms with E-state index in [2.05, 4.69) is 29.4 Å². The van der Waals surface area contributed by atoms with Gasteiger partial charge in [-0.25, -0.2) is 0 Å². The molecule has 2 aromatic carbocycles. The van der Waals surface area contributed by atoms with Gasteiger partial charge in [-0.1, -0.05) is 55.8 Å². The molecular formula is C21H25N3OS. The van der Waals surface area contributed by atoms with Crippen molar-refractivity contribution in [2.75, 3.05) is 6.54 Å². The standard InChI is InChI=1S/C21H25N3OS/c1-2-3-7-12-23-14-15-10-11-18-17(13-15)20(19(24-18)21(22)25)26-16-8-5-4-6-9-16/h4-6,8-11,13,23-24H,2-3,7,12,14H2,1H3,(H2,22,25). The number of fused-ring (bicyclic) bond motifs is 1. The third-order valence-electron chi connectivity index (χ3n) is 4.31. The van der Waals surface area contributed by atoms with Crippen molar-refractivity contribution < 1.29 is 4.79 Å². The van der Waals surface area contributed by atoms with Gasteiger partial charge in [-0.3, -0.25) is 4.79 Å². The summed E-state index contributed by atoms with van der Waals surface area (Å²) in [6.07, 6.45) is 3.68. The van der Waals surface area contributed by atoms with Crippen molar-refractivity contribution in [3.63, 3.8) is 0 Å². The van der Waals surface area contributed by atoms with Gasteiger partial charge in [-0.15, -0.1) is 0 Å². The Labute approximate surface area is 158 Å². The lowest BCUT2D eigenvalue weighted by molar-refractivity contribution is 0.0993. The second-order valence-electron chi connectivity index (χ2n) is 6.37. The molecule has 1 heterocycles. The molecule has 1 aromatic heterocycles. The molecule has 4 nitrogen and oxygen atoms in total. The first kappa shape index (κ1) is 18.5. The topological polar surface area (TPSA) is 70.9 Å². The number of benzene rings is 2. The third kappa shape index (κ3) is 4.48. The molecule has 26 heavy (non-hydrogen) atoms. The van der Waals surface area contributed by atoms with Gasteiger partial charge in [0, 0.05) is 22.3 Å². The van der Waals surface area contributed by atoms with Gasteiger partial charge < -0.3 is 16.0 Å². The molecule has 4 N–H and O–H groups in total. The summed E-state index contributed by atoms with van der Waals surface area (Å²) in [7, 11) is 0. The normalized spacial score (nSPS) is 11.1. The van der Waals surface area contributed by atoms with Crippen LogP contribution in [0.1, 0.15) is 42.2 Å². The second-order valence-corrected chi connectivity index (χ2v) is 7.46. The smallest absolute Gasteiger partial charge is 0.266 e. The summed E-state index contributed by atoms with van der Waals surface area (Å²) in [6, 6.07) is 16.3. The molecule has 1 amide bonds. The molecule has 0 atom stereocenters. The molecule has 0 saturated heterocycles. The highest BCUT2D eigenvalue weighted by atomic mass is 32.2. The highest BCUT2D eigenvalue weighted by Crippen LogP contribution is 2.36. The average molecular weight is 368 g/mol. The molecule has 0 aliphatic heterocycles. The van der Waals surface area contributed by atoms with E-state index in [0.717, 1.165) is 33.8 Å². The van der Waals surface area contributed by atoms with E-state index in [9.17, 15) is 4.79 Å². The zero-order chi connectivity index (χ0) is 18.4. The number of H-pyrrole nitrogens is 1. The molecule has 0 bridgehead atoms. The van der Waals surface area contributed by atoms with Crippen molar-refractivity contribution in [3.05, 3.63) is 59.8 Å². The summed E-state index contributed by atoms with van der Waals surface area (Å²) in [5.41, 5.74) is 8.22. The van der Waals surface area contributed by atoms with Gasteiger partial charge in [0.05, 0.1) is 4.90 Å². The summed E-state index contributed by atoms with van der Waals surface area (Å²) < 4.78 is 0. The number of carbonyl (C=O) groups is 1. The molecular weight excluding hydrogens is 342 g/mol. The molecule has 3 aromatic rings. The zero-order valence-corrected chi connectivity index (χ0v) is 15.9. The number of hydrogen-bond donors (Lipinski definition) is 3. The Morgan fingerprint density at radius 2 is 1.96 bits per heavy atom. The summed E-state index contributed by atoms with van der Waals surface area (Å²) in [5, 5.41) is 4.53. The molecule has 0 aliphatic rings. The maximum atomic E-state index is 11.9. The van der Waals surface area contributed by atoms with Crippen molar-refractivity contribution in [2.24, 2.45) is 5.73 Å². The van der Waals surface area contributed by atoms with E-state index in [0.29, 0.717) is 5.69 Å². The number of unbranched alkanes of at least 4 members (excludes halogenated alkanes) is 2. The number of carbonyl (C=O) groups excluding carboxylic acids is 1. The lowest BCUT2D eigenvalue weighted by Crippen LogP contribution is -2.14. The highest BCUT2D eigenvalue weighted by molar-refractivity contribution is 7.99. The number of amides is 1. The Bertz CT molecular complexity index is 874. The minimum Gasteiger partial charge on any atom is -0.364 e. The molecule has 0 spiro atoms. The fourth-order valence-corrected chi connectivity index (χ4v) is 4.00. The van der Waals surface area contributed by atoms with Crippen LogP contribution >= 0.6 is 11.8 Å². The molecule has 3 rings (SSSR count). The quantitative estimate of drug-likeness (QED) is 0.480. The van der Waals surface area contributed by atoms with Crippen LogP contribution in [0.3, 0.4) is 0 Å². The third-order valence-corrected chi connectivity index (χ3v) is 5.45. The molecule has 0 aliphatic carbocycles. The predicted octanol–water partition coefficient (Wildman–Crippen LogP) is 4.70.